The largest absolute Gasteiger partial charge is 0.350 e. The monoisotopic (exact) mass is 418 g/mol. The number of hydrogen-bond acceptors (Lipinski definition) is 7. The summed E-state index contributed by atoms with van der Waals surface area (Å²) in [6, 6.07) is 8.46. The molecule has 1 aromatic carbocycles. The van der Waals surface area contributed by atoms with Gasteiger partial charge in [0.05, 0.1) is 13.2 Å². The zero-order valence-electron chi connectivity index (χ0n) is 15.9. The lowest BCUT2D eigenvalue weighted by atomic mass is 10.2. The van der Waals surface area contributed by atoms with Crippen LogP contribution in [0.15, 0.2) is 40.3 Å². The molecule has 2 amide bonds. The summed E-state index contributed by atoms with van der Waals surface area (Å²) in [5.41, 5.74) is -0.270. The number of nitrogens with one attached hydrogen (secondary N) is 3. The maximum absolute atomic E-state index is 12.6. The van der Waals surface area contributed by atoms with Crippen LogP contribution >= 0.6 is 11.8 Å². The van der Waals surface area contributed by atoms with Crippen LogP contribution in [0.2, 0.25) is 0 Å². The zero-order chi connectivity index (χ0) is 20.6. The van der Waals surface area contributed by atoms with Crippen LogP contribution in [0.5, 0.6) is 0 Å². The molecule has 0 unspecified atom stereocenters. The van der Waals surface area contributed by atoms with Gasteiger partial charge in [-0.3, -0.25) is 19.4 Å². The Balaban J connectivity index is 1.77. The third kappa shape index (κ3) is 5.89. The fourth-order valence-corrected chi connectivity index (χ4v) is 3.37. The van der Waals surface area contributed by atoms with E-state index in [1.807, 2.05) is 0 Å². The first kappa shape index (κ1) is 21.0. The van der Waals surface area contributed by atoms with Gasteiger partial charge in [0.2, 0.25) is 5.91 Å². The van der Waals surface area contributed by atoms with E-state index < -0.39 is 11.5 Å². The third-order valence-corrected chi connectivity index (χ3v) is 4.94. The van der Waals surface area contributed by atoms with Crippen molar-refractivity contribution in [3.63, 3.8) is 0 Å². The Hall–Kier alpha value is -2.69. The summed E-state index contributed by atoms with van der Waals surface area (Å²) < 4.78 is 10.8. The van der Waals surface area contributed by atoms with Crippen LogP contribution in [0, 0.1) is 0 Å². The second kappa shape index (κ2) is 10.2. The van der Waals surface area contributed by atoms with Crippen molar-refractivity contribution >= 4 is 35.1 Å². The lowest BCUT2D eigenvalue weighted by Crippen LogP contribution is -2.25. The molecule has 2 aromatic rings. The highest BCUT2D eigenvalue weighted by Gasteiger charge is 2.19. The molecule has 0 saturated carbocycles. The SMILES string of the molecule is CCC(=O)Nc1nc(SCCC2OCCO2)[nH]c(=O)c1NC(=O)c1ccccc1. The molecule has 2 heterocycles. The lowest BCUT2D eigenvalue weighted by Gasteiger charge is -2.12. The summed E-state index contributed by atoms with van der Waals surface area (Å²) in [5, 5.41) is 5.46. The van der Waals surface area contributed by atoms with Gasteiger partial charge in [-0.15, -0.1) is 0 Å². The number of benzene rings is 1. The van der Waals surface area contributed by atoms with E-state index in [2.05, 4.69) is 20.6 Å². The quantitative estimate of drug-likeness (QED) is 0.444. The van der Waals surface area contributed by atoms with E-state index in [-0.39, 0.29) is 30.1 Å². The highest BCUT2D eigenvalue weighted by atomic mass is 32.2. The summed E-state index contributed by atoms with van der Waals surface area (Å²) >= 11 is 1.30. The van der Waals surface area contributed by atoms with Crippen molar-refractivity contribution < 1.29 is 19.1 Å². The van der Waals surface area contributed by atoms with Gasteiger partial charge in [0, 0.05) is 24.2 Å². The first-order valence-electron chi connectivity index (χ1n) is 9.23. The van der Waals surface area contributed by atoms with E-state index in [0.717, 1.165) is 0 Å². The minimum absolute atomic E-state index is 0.0146. The number of hydrogen-bond donors (Lipinski definition) is 3. The first-order chi connectivity index (χ1) is 14.1. The molecule has 0 aliphatic carbocycles. The van der Waals surface area contributed by atoms with Crippen molar-refractivity contribution in [1.82, 2.24) is 9.97 Å². The van der Waals surface area contributed by atoms with Crippen molar-refractivity contribution in [2.45, 2.75) is 31.2 Å². The number of carbonyl (C=O) groups excluding carboxylic acids is 2. The molecule has 1 aliphatic heterocycles. The lowest BCUT2D eigenvalue weighted by molar-refractivity contribution is -0.115. The van der Waals surface area contributed by atoms with Crippen molar-refractivity contribution in [2.75, 3.05) is 29.6 Å². The van der Waals surface area contributed by atoms with Crippen molar-refractivity contribution in [1.29, 1.82) is 0 Å². The fourth-order valence-electron chi connectivity index (χ4n) is 2.55. The molecule has 3 rings (SSSR count). The molecule has 10 heteroatoms. The molecule has 0 radical (unpaired) electrons. The van der Waals surface area contributed by atoms with Crippen LogP contribution in [0.25, 0.3) is 0 Å². The van der Waals surface area contributed by atoms with Crippen LogP contribution in [-0.2, 0) is 14.3 Å². The summed E-state index contributed by atoms with van der Waals surface area (Å²) in [5.74, 6) is -0.173. The van der Waals surface area contributed by atoms with Gasteiger partial charge in [-0.25, -0.2) is 4.98 Å². The Labute approximate surface area is 171 Å². The average Bonchev–Trinajstić information content (AvgIpc) is 3.24. The van der Waals surface area contributed by atoms with Crippen LogP contribution in [0.3, 0.4) is 0 Å². The number of amides is 2. The highest BCUT2D eigenvalue weighted by molar-refractivity contribution is 7.99. The molecule has 1 aromatic heterocycles. The van der Waals surface area contributed by atoms with Gasteiger partial charge in [-0.1, -0.05) is 36.9 Å². The van der Waals surface area contributed by atoms with E-state index >= 15 is 0 Å². The van der Waals surface area contributed by atoms with Crippen LogP contribution < -0.4 is 16.2 Å². The molecular formula is C19H22N4O5S. The van der Waals surface area contributed by atoms with Gasteiger partial charge in [0.1, 0.15) is 0 Å². The zero-order valence-corrected chi connectivity index (χ0v) is 16.7. The summed E-state index contributed by atoms with van der Waals surface area (Å²) in [6.45, 7) is 2.84. The molecular weight excluding hydrogens is 396 g/mol. The van der Waals surface area contributed by atoms with Crippen molar-refractivity contribution in [3.05, 3.63) is 46.2 Å². The molecule has 0 atom stereocenters. The topological polar surface area (TPSA) is 122 Å². The molecule has 29 heavy (non-hydrogen) atoms. The summed E-state index contributed by atoms with van der Waals surface area (Å²) in [4.78, 5) is 43.9. The number of thioether (sulfide) groups is 1. The fraction of sp³-hybridized carbons (Fsp3) is 0.368. The molecule has 3 N–H and O–H groups in total. The second-order valence-electron chi connectivity index (χ2n) is 6.12. The molecule has 0 spiro atoms. The first-order valence-corrected chi connectivity index (χ1v) is 10.2. The Kier molecular flexibility index (Phi) is 7.39. The average molecular weight is 418 g/mol. The highest BCUT2D eigenvalue weighted by Crippen LogP contribution is 2.22. The number of nitrogens with zero attached hydrogens (tertiary/aromatic N) is 1. The minimum Gasteiger partial charge on any atom is -0.350 e. The molecule has 0 bridgehead atoms. The third-order valence-electron chi connectivity index (χ3n) is 4.03. The van der Waals surface area contributed by atoms with E-state index in [1.54, 1.807) is 37.3 Å². The van der Waals surface area contributed by atoms with Crippen molar-refractivity contribution in [2.24, 2.45) is 0 Å². The van der Waals surface area contributed by atoms with Gasteiger partial charge in [0.15, 0.2) is 23.0 Å². The Morgan fingerprint density at radius 2 is 1.93 bits per heavy atom. The van der Waals surface area contributed by atoms with Gasteiger partial charge >= 0.3 is 0 Å². The van der Waals surface area contributed by atoms with Gasteiger partial charge in [-0.05, 0) is 12.1 Å². The van der Waals surface area contributed by atoms with Gasteiger partial charge in [-0.2, -0.15) is 0 Å². The van der Waals surface area contributed by atoms with Crippen LogP contribution in [0.4, 0.5) is 11.5 Å². The molecule has 9 nitrogen and oxygen atoms in total. The van der Waals surface area contributed by atoms with Gasteiger partial charge < -0.3 is 20.1 Å². The predicted octanol–water partition coefficient (Wildman–Crippen LogP) is 2.23. The number of H-pyrrole nitrogens is 1. The molecule has 1 saturated heterocycles. The Morgan fingerprint density at radius 3 is 2.62 bits per heavy atom. The standard InChI is InChI=1S/C19H22N4O5S/c1-2-13(24)20-16-15(21-17(25)12-6-4-3-5-7-12)18(26)23-19(22-16)29-11-8-14-27-9-10-28-14/h3-7,14H,2,8-11H2,1H3,(H,21,25)(H2,20,22,23,24,26). The van der Waals surface area contributed by atoms with E-state index in [0.29, 0.717) is 36.1 Å². The maximum atomic E-state index is 12.6. The maximum Gasteiger partial charge on any atom is 0.277 e. The predicted molar refractivity (Wildman–Crippen MR) is 109 cm³/mol. The Bertz CT molecular complexity index is 913. The molecule has 1 fully saturated rings. The minimum atomic E-state index is -0.549. The summed E-state index contributed by atoms with van der Waals surface area (Å²) in [6.07, 6.45) is 0.592. The second-order valence-corrected chi connectivity index (χ2v) is 7.21. The number of rotatable bonds is 8. The van der Waals surface area contributed by atoms with E-state index in [4.69, 9.17) is 9.47 Å². The van der Waals surface area contributed by atoms with Crippen molar-refractivity contribution in [3.8, 4) is 0 Å². The number of carbonyl (C=O) groups is 2. The molecule has 1 aliphatic rings. The van der Waals surface area contributed by atoms with Crippen LogP contribution in [-0.4, -0.2) is 47.0 Å². The normalized spacial score (nSPS) is 14.0. The van der Waals surface area contributed by atoms with Gasteiger partial charge in [0.25, 0.3) is 11.5 Å². The summed E-state index contributed by atoms with van der Waals surface area (Å²) in [7, 11) is 0. The van der Waals surface area contributed by atoms with E-state index in [9.17, 15) is 14.4 Å². The number of aromatic nitrogens is 2. The number of anilines is 2. The smallest absolute Gasteiger partial charge is 0.277 e. The Morgan fingerprint density at radius 1 is 1.21 bits per heavy atom. The molecule has 154 valence electrons. The number of ether oxygens (including phenoxy) is 2. The number of aromatic amines is 1. The van der Waals surface area contributed by atoms with E-state index in [1.165, 1.54) is 11.8 Å². The van der Waals surface area contributed by atoms with Crippen LogP contribution in [0.1, 0.15) is 30.1 Å².